The minimum Gasteiger partial charge on any atom is -0.268 e. The summed E-state index contributed by atoms with van der Waals surface area (Å²) in [4.78, 5) is 17.3. The van der Waals surface area contributed by atoms with E-state index in [1.807, 2.05) is 74.5 Å². The van der Waals surface area contributed by atoms with Crippen LogP contribution < -0.4 is 5.49 Å². The Kier molecular flexibility index (Phi) is 3.88. The molecule has 0 spiro atoms. The Morgan fingerprint density at radius 3 is 2.45 bits per heavy atom. The molecule has 0 aliphatic carbocycles. The van der Waals surface area contributed by atoms with Crippen LogP contribution in [0.3, 0.4) is 0 Å². The maximum atomic E-state index is 12.8. The molecule has 1 aromatic heterocycles. The molecular formula is C19H18N2O. The van der Waals surface area contributed by atoms with Crippen molar-refractivity contribution in [1.29, 1.82) is 0 Å². The predicted octanol–water partition coefficient (Wildman–Crippen LogP) is 3.64. The summed E-state index contributed by atoms with van der Waals surface area (Å²) >= 11 is 0. The fraction of sp³-hybridized carbons (Fsp3) is 0.158. The van der Waals surface area contributed by atoms with Gasteiger partial charge in [0.1, 0.15) is 5.49 Å². The van der Waals surface area contributed by atoms with Gasteiger partial charge in [0.25, 0.3) is 5.91 Å². The molecule has 0 atom stereocenters. The van der Waals surface area contributed by atoms with E-state index in [9.17, 15) is 4.79 Å². The Hall–Kier alpha value is -2.68. The third kappa shape index (κ3) is 2.84. The lowest BCUT2D eigenvalue weighted by Crippen LogP contribution is -2.28. The maximum absolute atomic E-state index is 12.8. The minimum atomic E-state index is -0.0641. The lowest BCUT2D eigenvalue weighted by Gasteiger charge is -2.08. The van der Waals surface area contributed by atoms with Crippen LogP contribution in [0, 0.1) is 0 Å². The van der Waals surface area contributed by atoms with Crippen LogP contribution in [0.25, 0.3) is 10.8 Å². The number of pyridine rings is 1. The molecule has 3 rings (SSSR count). The van der Waals surface area contributed by atoms with Crippen LogP contribution in [0.1, 0.15) is 24.2 Å². The molecule has 0 saturated heterocycles. The van der Waals surface area contributed by atoms with E-state index in [2.05, 4.69) is 4.99 Å². The largest absolute Gasteiger partial charge is 0.268 e. The van der Waals surface area contributed by atoms with Gasteiger partial charge in [0.15, 0.2) is 0 Å². The van der Waals surface area contributed by atoms with Gasteiger partial charge in [0.2, 0.25) is 0 Å². The van der Waals surface area contributed by atoms with Crippen molar-refractivity contribution < 1.29 is 4.79 Å². The van der Waals surface area contributed by atoms with E-state index in [1.54, 1.807) is 10.8 Å². The number of carbonyl (C=O) groups excluding carboxylic acids is 1. The molecule has 0 saturated carbocycles. The number of nitrogens with zero attached hydrogens (tertiary/aromatic N) is 2. The number of aromatic nitrogens is 1. The number of hydrogen-bond acceptors (Lipinski definition) is 2. The molecular weight excluding hydrogens is 272 g/mol. The topological polar surface area (TPSA) is 34.4 Å². The fourth-order valence-corrected chi connectivity index (χ4v) is 2.44. The number of rotatable bonds is 2. The van der Waals surface area contributed by atoms with Gasteiger partial charge < -0.3 is 0 Å². The Bertz CT molecular complexity index is 891. The normalized spacial score (nSPS) is 12.0. The standard InChI is InChI=1S/C19H18N2O/c1-14(2)20-18-9-5-6-12-21(18)19(22)17-11-10-15-7-3-4-8-16(15)13-17/h3-14H,1-2H3. The van der Waals surface area contributed by atoms with Crippen molar-refractivity contribution in [3.63, 3.8) is 0 Å². The molecule has 0 fully saturated rings. The summed E-state index contributed by atoms with van der Waals surface area (Å²) in [6.45, 7) is 4.00. The molecule has 110 valence electrons. The Morgan fingerprint density at radius 2 is 1.68 bits per heavy atom. The first-order valence-corrected chi connectivity index (χ1v) is 7.40. The monoisotopic (exact) mass is 290 g/mol. The second kappa shape index (κ2) is 5.98. The van der Waals surface area contributed by atoms with Gasteiger partial charge in [-0.2, -0.15) is 0 Å². The van der Waals surface area contributed by atoms with Gasteiger partial charge in [0, 0.05) is 17.8 Å². The number of fused-ring (bicyclic) bond motifs is 1. The summed E-state index contributed by atoms with van der Waals surface area (Å²) in [5.74, 6) is -0.0641. The van der Waals surface area contributed by atoms with Gasteiger partial charge >= 0.3 is 0 Å². The summed E-state index contributed by atoms with van der Waals surface area (Å²) in [5, 5.41) is 2.19. The number of carbonyl (C=O) groups is 1. The molecule has 22 heavy (non-hydrogen) atoms. The third-order valence-electron chi connectivity index (χ3n) is 3.44. The van der Waals surface area contributed by atoms with Gasteiger partial charge in [-0.25, -0.2) is 0 Å². The molecule has 0 aliphatic rings. The summed E-state index contributed by atoms with van der Waals surface area (Å²) in [6, 6.07) is 19.5. The first-order valence-electron chi connectivity index (χ1n) is 7.40. The van der Waals surface area contributed by atoms with E-state index in [0.717, 1.165) is 10.8 Å². The van der Waals surface area contributed by atoms with Crippen molar-refractivity contribution in [2.75, 3.05) is 0 Å². The van der Waals surface area contributed by atoms with E-state index >= 15 is 0 Å². The second-order valence-corrected chi connectivity index (χ2v) is 5.52. The zero-order valence-electron chi connectivity index (χ0n) is 12.7. The molecule has 3 aromatic rings. The van der Waals surface area contributed by atoms with Crippen molar-refractivity contribution in [1.82, 2.24) is 4.57 Å². The van der Waals surface area contributed by atoms with Crippen molar-refractivity contribution >= 4 is 16.7 Å². The molecule has 2 aromatic carbocycles. The highest BCUT2D eigenvalue weighted by molar-refractivity contribution is 5.99. The van der Waals surface area contributed by atoms with E-state index < -0.39 is 0 Å². The maximum Gasteiger partial charge on any atom is 0.263 e. The van der Waals surface area contributed by atoms with Crippen molar-refractivity contribution in [3.05, 3.63) is 77.9 Å². The SMILES string of the molecule is CC(C)N=c1ccccn1C(=O)c1ccc2ccccc2c1. The average Bonchev–Trinajstić information content (AvgIpc) is 2.54. The van der Waals surface area contributed by atoms with Crippen molar-refractivity contribution in [3.8, 4) is 0 Å². The lowest BCUT2D eigenvalue weighted by atomic mass is 10.1. The zero-order chi connectivity index (χ0) is 15.5. The Morgan fingerprint density at radius 1 is 0.955 bits per heavy atom. The average molecular weight is 290 g/mol. The Balaban J connectivity index is 2.10. The van der Waals surface area contributed by atoms with Crippen molar-refractivity contribution in [2.24, 2.45) is 4.99 Å². The highest BCUT2D eigenvalue weighted by Gasteiger charge is 2.09. The smallest absolute Gasteiger partial charge is 0.263 e. The van der Waals surface area contributed by atoms with Crippen LogP contribution in [0.4, 0.5) is 0 Å². The highest BCUT2D eigenvalue weighted by Crippen LogP contribution is 2.16. The highest BCUT2D eigenvalue weighted by atomic mass is 16.2. The van der Waals surface area contributed by atoms with E-state index in [0.29, 0.717) is 11.1 Å². The molecule has 0 radical (unpaired) electrons. The van der Waals surface area contributed by atoms with Gasteiger partial charge in [-0.3, -0.25) is 14.4 Å². The summed E-state index contributed by atoms with van der Waals surface area (Å²) < 4.78 is 1.60. The van der Waals surface area contributed by atoms with Gasteiger partial charge in [-0.15, -0.1) is 0 Å². The third-order valence-corrected chi connectivity index (χ3v) is 3.44. The van der Waals surface area contributed by atoms with Crippen LogP contribution >= 0.6 is 0 Å². The van der Waals surface area contributed by atoms with Crippen molar-refractivity contribution in [2.45, 2.75) is 19.9 Å². The molecule has 0 N–H and O–H groups in total. The van der Waals surface area contributed by atoms with Crippen LogP contribution in [-0.4, -0.2) is 16.5 Å². The molecule has 1 heterocycles. The molecule has 3 heteroatoms. The van der Waals surface area contributed by atoms with Gasteiger partial charge in [-0.05, 0) is 48.9 Å². The zero-order valence-corrected chi connectivity index (χ0v) is 12.7. The first kappa shape index (κ1) is 14.3. The number of benzene rings is 2. The van der Waals surface area contributed by atoms with E-state index in [-0.39, 0.29) is 11.9 Å². The predicted molar refractivity (Wildman–Crippen MR) is 88.8 cm³/mol. The first-order chi connectivity index (χ1) is 10.6. The Labute approximate surface area is 129 Å². The summed E-state index contributed by atoms with van der Waals surface area (Å²) in [6.07, 6.45) is 1.76. The molecule has 0 amide bonds. The van der Waals surface area contributed by atoms with Crippen LogP contribution in [0.2, 0.25) is 0 Å². The second-order valence-electron chi connectivity index (χ2n) is 5.52. The van der Waals surface area contributed by atoms with Gasteiger partial charge in [-0.1, -0.05) is 36.4 Å². The number of hydrogen-bond donors (Lipinski definition) is 0. The summed E-state index contributed by atoms with van der Waals surface area (Å²) in [7, 11) is 0. The molecule has 0 bridgehead atoms. The van der Waals surface area contributed by atoms with Crippen LogP contribution in [0.15, 0.2) is 71.9 Å². The molecule has 3 nitrogen and oxygen atoms in total. The van der Waals surface area contributed by atoms with E-state index in [4.69, 9.17) is 0 Å². The molecule has 0 aliphatic heterocycles. The lowest BCUT2D eigenvalue weighted by molar-refractivity contribution is 0.0954. The van der Waals surface area contributed by atoms with Gasteiger partial charge in [0.05, 0.1) is 0 Å². The quantitative estimate of drug-likeness (QED) is 0.709. The molecule has 0 unspecified atom stereocenters. The van der Waals surface area contributed by atoms with E-state index in [1.165, 1.54) is 0 Å². The minimum absolute atomic E-state index is 0.0641. The van der Waals surface area contributed by atoms with Crippen LogP contribution in [-0.2, 0) is 0 Å². The van der Waals surface area contributed by atoms with Crippen LogP contribution in [0.5, 0.6) is 0 Å². The summed E-state index contributed by atoms with van der Waals surface area (Å²) in [5.41, 5.74) is 1.34. The fourth-order valence-electron chi connectivity index (χ4n) is 2.44.